The molecule has 0 aliphatic rings. The Hall–Kier alpha value is -1.36. The summed E-state index contributed by atoms with van der Waals surface area (Å²) in [6, 6.07) is 7.55. The van der Waals surface area contributed by atoms with Crippen LogP contribution in [-0.4, -0.2) is 69.9 Å². The molecule has 0 fully saturated rings. The smallest absolute Gasteiger partial charge is 0.253 e. The molecule has 9 heteroatoms. The summed E-state index contributed by atoms with van der Waals surface area (Å²) in [5, 5.41) is 6.33. The van der Waals surface area contributed by atoms with E-state index in [9.17, 15) is 13.2 Å². The van der Waals surface area contributed by atoms with E-state index in [4.69, 9.17) is 0 Å². The molecule has 2 N–H and O–H groups in total. The standard InChI is InChI=1S/C19H32N4O3S.HI/c1-7-20-18(22-14-19(2,3)27(6,25)26)21-12-11-15-9-8-10-16(13-15)17(24)23(4)5;/h8-10,13H,7,11-12,14H2,1-6H3,(H2,20,21,22);1H. The number of hydrogen-bond donors (Lipinski definition) is 2. The Labute approximate surface area is 186 Å². The third-order valence-corrected chi connectivity index (χ3v) is 6.39. The number of nitrogens with one attached hydrogen (secondary N) is 2. The van der Waals surface area contributed by atoms with Gasteiger partial charge in [0.15, 0.2) is 15.8 Å². The maximum Gasteiger partial charge on any atom is 0.253 e. The average molecular weight is 524 g/mol. The van der Waals surface area contributed by atoms with E-state index in [1.807, 2.05) is 25.1 Å². The summed E-state index contributed by atoms with van der Waals surface area (Å²) in [7, 11) is 0.265. The third kappa shape index (κ3) is 8.34. The van der Waals surface area contributed by atoms with E-state index in [1.165, 1.54) is 6.26 Å². The van der Waals surface area contributed by atoms with Crippen molar-refractivity contribution in [3.8, 4) is 0 Å². The normalized spacial score (nSPS) is 12.1. The maximum absolute atomic E-state index is 12.1. The predicted molar refractivity (Wildman–Crippen MR) is 126 cm³/mol. The van der Waals surface area contributed by atoms with Crippen LogP contribution in [0.2, 0.25) is 0 Å². The molecule has 0 aromatic heterocycles. The van der Waals surface area contributed by atoms with E-state index in [0.717, 1.165) is 5.56 Å². The second-order valence-corrected chi connectivity index (χ2v) is 9.95. The molecule has 0 bridgehead atoms. The van der Waals surface area contributed by atoms with Crippen LogP contribution in [0.25, 0.3) is 0 Å². The van der Waals surface area contributed by atoms with Crippen LogP contribution in [-0.2, 0) is 16.3 Å². The molecule has 0 spiro atoms. The molecule has 0 radical (unpaired) electrons. The number of amides is 1. The number of aliphatic imine (C=N–C) groups is 1. The van der Waals surface area contributed by atoms with Gasteiger partial charge in [0, 0.05) is 39.0 Å². The van der Waals surface area contributed by atoms with Gasteiger partial charge in [0.1, 0.15) is 0 Å². The van der Waals surface area contributed by atoms with Gasteiger partial charge in [0.25, 0.3) is 5.91 Å². The molecule has 1 rings (SSSR count). The van der Waals surface area contributed by atoms with Crippen LogP contribution in [0, 0.1) is 0 Å². The molecule has 7 nitrogen and oxygen atoms in total. The third-order valence-electron chi connectivity index (χ3n) is 4.25. The van der Waals surface area contributed by atoms with Gasteiger partial charge < -0.3 is 15.5 Å². The van der Waals surface area contributed by atoms with E-state index >= 15 is 0 Å². The Bertz CT molecular complexity index is 777. The average Bonchev–Trinajstić information content (AvgIpc) is 2.58. The zero-order valence-electron chi connectivity index (χ0n) is 17.6. The van der Waals surface area contributed by atoms with E-state index in [1.54, 1.807) is 38.9 Å². The lowest BCUT2D eigenvalue weighted by Crippen LogP contribution is -2.41. The molecule has 0 saturated carbocycles. The second-order valence-electron chi connectivity index (χ2n) is 7.30. The molecule has 0 saturated heterocycles. The number of carbonyl (C=O) groups is 1. The summed E-state index contributed by atoms with van der Waals surface area (Å²) in [4.78, 5) is 18.0. The Morgan fingerprint density at radius 3 is 2.39 bits per heavy atom. The van der Waals surface area contributed by atoms with Crippen LogP contribution in [0.5, 0.6) is 0 Å². The topological polar surface area (TPSA) is 90.9 Å². The number of halogens is 1. The molecule has 28 heavy (non-hydrogen) atoms. The fourth-order valence-corrected chi connectivity index (χ4v) is 2.47. The summed E-state index contributed by atoms with van der Waals surface area (Å²) >= 11 is 0. The van der Waals surface area contributed by atoms with E-state index in [2.05, 4.69) is 15.6 Å². The molecule has 1 aromatic carbocycles. The highest BCUT2D eigenvalue weighted by Gasteiger charge is 2.29. The van der Waals surface area contributed by atoms with Gasteiger partial charge in [-0.05, 0) is 44.9 Å². The molecule has 0 heterocycles. The quantitative estimate of drug-likeness (QED) is 0.308. The van der Waals surface area contributed by atoms with Gasteiger partial charge in [-0.1, -0.05) is 12.1 Å². The van der Waals surface area contributed by atoms with Gasteiger partial charge in [-0.3, -0.25) is 9.79 Å². The van der Waals surface area contributed by atoms with Crippen molar-refractivity contribution in [1.29, 1.82) is 0 Å². The minimum absolute atomic E-state index is 0. The van der Waals surface area contributed by atoms with E-state index in [-0.39, 0.29) is 36.4 Å². The van der Waals surface area contributed by atoms with Gasteiger partial charge >= 0.3 is 0 Å². The fraction of sp³-hybridized carbons (Fsp3) is 0.579. The van der Waals surface area contributed by atoms with E-state index in [0.29, 0.717) is 31.0 Å². The Morgan fingerprint density at radius 1 is 1.21 bits per heavy atom. The van der Waals surface area contributed by atoms with Crippen LogP contribution < -0.4 is 10.6 Å². The highest BCUT2D eigenvalue weighted by Crippen LogP contribution is 2.15. The summed E-state index contributed by atoms with van der Waals surface area (Å²) < 4.78 is 22.7. The van der Waals surface area contributed by atoms with Gasteiger partial charge in [0.05, 0.1) is 11.3 Å². The molecular formula is C19H33IN4O3S. The van der Waals surface area contributed by atoms with Crippen LogP contribution in [0.4, 0.5) is 0 Å². The summed E-state index contributed by atoms with van der Waals surface area (Å²) in [6.07, 6.45) is 1.94. The molecule has 160 valence electrons. The molecule has 0 atom stereocenters. The van der Waals surface area contributed by atoms with Gasteiger partial charge in [-0.2, -0.15) is 0 Å². The maximum atomic E-state index is 12.1. The number of nitrogens with zero attached hydrogens (tertiary/aromatic N) is 2. The fourth-order valence-electron chi connectivity index (χ4n) is 2.17. The van der Waals surface area contributed by atoms with Crippen molar-refractivity contribution in [2.45, 2.75) is 31.9 Å². The zero-order chi connectivity index (χ0) is 20.7. The van der Waals surface area contributed by atoms with Crippen molar-refractivity contribution in [3.63, 3.8) is 0 Å². The van der Waals surface area contributed by atoms with Crippen molar-refractivity contribution >= 4 is 45.7 Å². The lowest BCUT2D eigenvalue weighted by atomic mass is 10.1. The SMILES string of the molecule is CCNC(=NCC(C)(C)S(C)(=O)=O)NCCc1cccc(C(=O)N(C)C)c1.I. The molecule has 1 amide bonds. The lowest BCUT2D eigenvalue weighted by molar-refractivity contribution is 0.0827. The number of guanidine groups is 1. The monoisotopic (exact) mass is 524 g/mol. The van der Waals surface area contributed by atoms with Gasteiger partial charge in [-0.15, -0.1) is 24.0 Å². The van der Waals surface area contributed by atoms with Crippen LogP contribution in [0.1, 0.15) is 36.7 Å². The first-order chi connectivity index (χ1) is 12.5. The minimum atomic E-state index is -3.20. The Balaban J connectivity index is 0.00000729. The summed E-state index contributed by atoms with van der Waals surface area (Å²) in [6.45, 7) is 6.76. The molecule has 0 aliphatic heterocycles. The van der Waals surface area contributed by atoms with Crippen molar-refractivity contribution in [1.82, 2.24) is 15.5 Å². The van der Waals surface area contributed by atoms with Crippen molar-refractivity contribution in [2.75, 3.05) is 40.0 Å². The van der Waals surface area contributed by atoms with Crippen molar-refractivity contribution in [3.05, 3.63) is 35.4 Å². The molecule has 1 aromatic rings. The van der Waals surface area contributed by atoms with Crippen LogP contribution in [0.15, 0.2) is 29.3 Å². The number of rotatable bonds is 8. The lowest BCUT2D eigenvalue weighted by Gasteiger charge is -2.21. The Kier molecular flexibility index (Phi) is 11.0. The van der Waals surface area contributed by atoms with Crippen molar-refractivity contribution < 1.29 is 13.2 Å². The number of benzene rings is 1. The highest BCUT2D eigenvalue weighted by atomic mass is 127. The van der Waals surface area contributed by atoms with E-state index < -0.39 is 14.6 Å². The minimum Gasteiger partial charge on any atom is -0.357 e. The summed E-state index contributed by atoms with van der Waals surface area (Å²) in [5.74, 6) is 0.553. The van der Waals surface area contributed by atoms with Crippen LogP contribution in [0.3, 0.4) is 0 Å². The summed E-state index contributed by atoms with van der Waals surface area (Å²) in [5.41, 5.74) is 1.70. The first-order valence-corrected chi connectivity index (χ1v) is 10.9. The second kappa shape index (κ2) is 11.6. The largest absolute Gasteiger partial charge is 0.357 e. The Morgan fingerprint density at radius 2 is 1.86 bits per heavy atom. The van der Waals surface area contributed by atoms with Gasteiger partial charge in [-0.25, -0.2) is 8.42 Å². The number of carbonyl (C=O) groups excluding carboxylic acids is 1. The van der Waals surface area contributed by atoms with Crippen LogP contribution >= 0.6 is 24.0 Å². The zero-order valence-corrected chi connectivity index (χ0v) is 20.7. The first-order valence-electron chi connectivity index (χ1n) is 9.00. The first kappa shape index (κ1) is 26.6. The predicted octanol–water partition coefficient (Wildman–Crippen LogP) is 1.93. The molecular weight excluding hydrogens is 491 g/mol. The molecule has 0 aliphatic carbocycles. The van der Waals surface area contributed by atoms with Gasteiger partial charge in [0.2, 0.25) is 0 Å². The number of sulfone groups is 1. The van der Waals surface area contributed by atoms with Crippen molar-refractivity contribution in [2.24, 2.45) is 4.99 Å². The highest BCUT2D eigenvalue weighted by molar-refractivity contribution is 14.0. The molecule has 0 unspecified atom stereocenters. The number of hydrogen-bond acceptors (Lipinski definition) is 4.